The van der Waals surface area contributed by atoms with E-state index in [0.717, 1.165) is 22.3 Å². The third-order valence-corrected chi connectivity index (χ3v) is 8.74. The Kier molecular flexibility index (Phi) is 9.26. The number of nitrogens with one attached hydrogen (secondary N) is 1. The van der Waals surface area contributed by atoms with Crippen molar-refractivity contribution >= 4 is 0 Å². The molecule has 1 aliphatic rings. The highest BCUT2D eigenvalue weighted by atomic mass is 16.6. The maximum Gasteiger partial charge on any atom is 0.330 e. The number of aryl methyl sites for hydroxylation is 1. The Labute approximate surface area is 268 Å². The summed E-state index contributed by atoms with van der Waals surface area (Å²) in [5, 5.41) is 0. The average Bonchev–Trinajstić information content (AvgIpc) is 3.45. The minimum absolute atomic E-state index is 0.134. The third-order valence-electron chi connectivity index (χ3n) is 8.74. The van der Waals surface area contributed by atoms with Gasteiger partial charge in [-0.1, -0.05) is 127 Å². The Bertz CT molecular complexity index is 1760. The lowest BCUT2D eigenvalue weighted by molar-refractivity contribution is -0.145. The van der Waals surface area contributed by atoms with Gasteiger partial charge in [-0.3, -0.25) is 14.3 Å². The second-order valence-corrected chi connectivity index (χ2v) is 11.7. The maximum atomic E-state index is 13.0. The number of H-pyrrole nitrogens is 1. The smallest absolute Gasteiger partial charge is 0.330 e. The molecule has 7 heteroatoms. The molecule has 2 heterocycles. The lowest BCUT2D eigenvalue weighted by Gasteiger charge is -2.39. The molecule has 0 radical (unpaired) electrons. The van der Waals surface area contributed by atoms with Gasteiger partial charge in [0.25, 0.3) is 5.56 Å². The first kappa shape index (κ1) is 31.2. The van der Waals surface area contributed by atoms with Crippen LogP contribution in [-0.2, 0) is 26.4 Å². The summed E-state index contributed by atoms with van der Waals surface area (Å²) in [6, 6.07) is 40.4. The highest BCUT2D eigenvalue weighted by Crippen LogP contribution is 2.46. The van der Waals surface area contributed by atoms with Gasteiger partial charge in [-0.2, -0.15) is 0 Å². The molecule has 0 bridgehead atoms. The zero-order chi connectivity index (χ0) is 32.0. The minimum atomic E-state index is -0.976. The molecular weight excluding hydrogens is 576 g/mol. The van der Waals surface area contributed by atoms with Crippen LogP contribution in [0, 0.1) is 6.92 Å². The summed E-state index contributed by atoms with van der Waals surface area (Å²) in [7, 11) is 0. The zero-order valence-corrected chi connectivity index (χ0v) is 25.9. The SMILES string of the molecule is C=CC[C@@]1(OCc2ccccc2)C[C@H](n2cc(C)c(=O)[nH]c2=O)O[C@@H]1COC(c1ccccc1)(c1ccccc1)c1ccccc1. The van der Waals surface area contributed by atoms with Crippen molar-refractivity contribution in [3.05, 3.63) is 189 Å². The van der Waals surface area contributed by atoms with Crippen LogP contribution in [0.2, 0.25) is 0 Å². The maximum absolute atomic E-state index is 13.0. The Balaban J connectivity index is 1.44. The number of ether oxygens (including phenoxy) is 3. The third kappa shape index (κ3) is 6.17. The van der Waals surface area contributed by atoms with Gasteiger partial charge in [0.15, 0.2) is 0 Å². The van der Waals surface area contributed by atoms with Crippen LogP contribution in [0.5, 0.6) is 0 Å². The molecule has 1 aromatic heterocycles. The highest BCUT2D eigenvalue weighted by molar-refractivity contribution is 5.47. The number of aromatic nitrogens is 2. The van der Waals surface area contributed by atoms with Crippen molar-refractivity contribution in [1.29, 1.82) is 0 Å². The van der Waals surface area contributed by atoms with E-state index in [9.17, 15) is 9.59 Å². The Morgan fingerprint density at radius 3 is 1.91 bits per heavy atom. The fraction of sp³-hybridized carbons (Fsp3) is 0.231. The molecule has 7 nitrogen and oxygen atoms in total. The van der Waals surface area contributed by atoms with E-state index in [4.69, 9.17) is 14.2 Å². The predicted molar refractivity (Wildman–Crippen MR) is 179 cm³/mol. The highest BCUT2D eigenvalue weighted by Gasteiger charge is 2.51. The van der Waals surface area contributed by atoms with Crippen molar-refractivity contribution in [2.75, 3.05) is 6.61 Å². The molecule has 46 heavy (non-hydrogen) atoms. The molecule has 4 aromatic carbocycles. The Hall–Kier alpha value is -4.82. The number of benzene rings is 4. The van der Waals surface area contributed by atoms with E-state index < -0.39 is 34.8 Å². The van der Waals surface area contributed by atoms with E-state index in [1.54, 1.807) is 13.1 Å². The standard InChI is InChI=1S/C39H38N2O5/c1-3-24-38(44-27-30-16-8-4-9-17-30)25-35(41-26-29(2)36(42)40-37(41)43)46-34(38)28-45-39(31-18-10-5-11-19-31,32-20-12-6-13-21-32)33-22-14-7-15-23-33/h3-23,26,34-35H,1,24-25,27-28H2,2H3,(H,40,42,43)/t34-,35-,38-/m1/s1. The van der Waals surface area contributed by atoms with Crippen LogP contribution in [0.4, 0.5) is 0 Å². The summed E-state index contributed by atoms with van der Waals surface area (Å²) >= 11 is 0. The average molecular weight is 615 g/mol. The summed E-state index contributed by atoms with van der Waals surface area (Å²) < 4.78 is 22.2. The molecule has 0 saturated carbocycles. The number of nitrogens with zero attached hydrogens (tertiary/aromatic N) is 1. The van der Waals surface area contributed by atoms with Gasteiger partial charge >= 0.3 is 5.69 Å². The largest absolute Gasteiger partial charge is 0.367 e. The van der Waals surface area contributed by atoms with Crippen molar-refractivity contribution in [2.24, 2.45) is 0 Å². The van der Waals surface area contributed by atoms with Crippen molar-refractivity contribution in [2.45, 2.75) is 49.9 Å². The normalized spacial score (nSPS) is 19.6. The summed E-state index contributed by atoms with van der Waals surface area (Å²) in [5.74, 6) is 0. The van der Waals surface area contributed by atoms with Crippen LogP contribution in [0.15, 0.2) is 150 Å². The molecule has 0 unspecified atom stereocenters. The summed E-state index contributed by atoms with van der Waals surface area (Å²) in [5.41, 5.74) is 1.51. The predicted octanol–water partition coefficient (Wildman–Crippen LogP) is 6.67. The van der Waals surface area contributed by atoms with Crippen LogP contribution >= 0.6 is 0 Å². The van der Waals surface area contributed by atoms with Crippen molar-refractivity contribution < 1.29 is 14.2 Å². The molecule has 234 valence electrons. The molecule has 1 N–H and O–H groups in total. The Morgan fingerprint density at radius 2 is 1.39 bits per heavy atom. The van der Waals surface area contributed by atoms with Gasteiger partial charge < -0.3 is 14.2 Å². The molecule has 6 rings (SSSR count). The van der Waals surface area contributed by atoms with Crippen molar-refractivity contribution in [1.82, 2.24) is 9.55 Å². The van der Waals surface area contributed by atoms with Gasteiger partial charge in [-0.15, -0.1) is 6.58 Å². The summed E-state index contributed by atoms with van der Waals surface area (Å²) in [6.45, 7) is 6.20. The van der Waals surface area contributed by atoms with Crippen LogP contribution in [0.25, 0.3) is 0 Å². The van der Waals surface area contributed by atoms with Crippen molar-refractivity contribution in [3.8, 4) is 0 Å². The first-order valence-corrected chi connectivity index (χ1v) is 15.5. The van der Waals surface area contributed by atoms with E-state index in [0.29, 0.717) is 25.0 Å². The minimum Gasteiger partial charge on any atom is -0.367 e. The van der Waals surface area contributed by atoms with E-state index in [-0.39, 0.29) is 6.61 Å². The lowest BCUT2D eigenvalue weighted by Crippen LogP contribution is -2.46. The topological polar surface area (TPSA) is 82.6 Å². The zero-order valence-electron chi connectivity index (χ0n) is 25.9. The second-order valence-electron chi connectivity index (χ2n) is 11.7. The molecule has 0 aliphatic carbocycles. The summed E-state index contributed by atoms with van der Waals surface area (Å²) in [6.07, 6.45) is 2.87. The van der Waals surface area contributed by atoms with Gasteiger partial charge in [-0.25, -0.2) is 4.79 Å². The number of rotatable bonds is 12. The molecule has 1 saturated heterocycles. The van der Waals surface area contributed by atoms with Crippen LogP contribution in [0.1, 0.15) is 46.9 Å². The molecule has 3 atom stereocenters. The second kappa shape index (κ2) is 13.7. The van der Waals surface area contributed by atoms with E-state index in [1.165, 1.54) is 4.57 Å². The molecule has 0 spiro atoms. The monoisotopic (exact) mass is 614 g/mol. The summed E-state index contributed by atoms with van der Waals surface area (Å²) in [4.78, 5) is 27.7. The van der Waals surface area contributed by atoms with E-state index >= 15 is 0 Å². The van der Waals surface area contributed by atoms with Crippen LogP contribution < -0.4 is 11.2 Å². The molecule has 5 aromatic rings. The Morgan fingerprint density at radius 1 is 0.870 bits per heavy atom. The lowest BCUT2D eigenvalue weighted by atomic mass is 9.80. The van der Waals surface area contributed by atoms with Gasteiger partial charge in [0.1, 0.15) is 23.5 Å². The van der Waals surface area contributed by atoms with Crippen molar-refractivity contribution in [3.63, 3.8) is 0 Å². The number of aromatic amines is 1. The van der Waals surface area contributed by atoms with Gasteiger partial charge in [0.05, 0.1) is 13.2 Å². The van der Waals surface area contributed by atoms with Gasteiger partial charge in [0, 0.05) is 18.2 Å². The van der Waals surface area contributed by atoms with E-state index in [2.05, 4.69) is 48.0 Å². The van der Waals surface area contributed by atoms with E-state index in [1.807, 2.05) is 91.0 Å². The molecule has 1 aliphatic heterocycles. The number of hydrogen-bond donors (Lipinski definition) is 1. The quantitative estimate of drug-likeness (QED) is 0.125. The fourth-order valence-corrected chi connectivity index (χ4v) is 6.38. The molecule has 0 amide bonds. The molecule has 1 fully saturated rings. The van der Waals surface area contributed by atoms with Gasteiger partial charge in [0.2, 0.25) is 0 Å². The van der Waals surface area contributed by atoms with Crippen LogP contribution in [-0.4, -0.2) is 27.9 Å². The van der Waals surface area contributed by atoms with Crippen LogP contribution in [0.3, 0.4) is 0 Å². The molecular formula is C39H38N2O5. The first-order valence-electron chi connectivity index (χ1n) is 15.5. The van der Waals surface area contributed by atoms with Gasteiger partial charge in [-0.05, 0) is 35.6 Å². The number of hydrogen-bond acceptors (Lipinski definition) is 5. The fourth-order valence-electron chi connectivity index (χ4n) is 6.38. The first-order chi connectivity index (χ1) is 22.4.